The first-order valence-corrected chi connectivity index (χ1v) is 5.02. The molecule has 1 aliphatic heterocycles. The highest BCUT2D eigenvalue weighted by molar-refractivity contribution is 6.32. The van der Waals surface area contributed by atoms with Gasteiger partial charge in [-0.05, 0) is 19.9 Å². The van der Waals surface area contributed by atoms with Crippen LogP contribution in [-0.2, 0) is 5.54 Å². The molecule has 0 spiro atoms. The summed E-state index contributed by atoms with van der Waals surface area (Å²) in [5.74, 6) is -0.450. The quantitative estimate of drug-likeness (QED) is 0.604. The molecule has 0 bridgehead atoms. The Morgan fingerprint density at radius 1 is 1.44 bits per heavy atom. The van der Waals surface area contributed by atoms with Crippen molar-refractivity contribution in [1.82, 2.24) is 5.32 Å². The second-order valence-electron chi connectivity index (χ2n) is 4.15. The summed E-state index contributed by atoms with van der Waals surface area (Å²) in [5, 5.41) is 13.8. The van der Waals surface area contributed by atoms with Crippen molar-refractivity contribution >= 4 is 23.2 Å². The highest BCUT2D eigenvalue weighted by Crippen LogP contribution is 2.40. The molecule has 0 saturated heterocycles. The van der Waals surface area contributed by atoms with Crippen molar-refractivity contribution in [3.63, 3.8) is 0 Å². The highest BCUT2D eigenvalue weighted by atomic mass is 35.5. The van der Waals surface area contributed by atoms with Crippen molar-refractivity contribution in [3.05, 3.63) is 38.4 Å². The van der Waals surface area contributed by atoms with E-state index in [0.29, 0.717) is 10.6 Å². The molecule has 1 aliphatic rings. The lowest BCUT2D eigenvalue weighted by atomic mass is 9.94. The smallest absolute Gasteiger partial charge is 0.282 e. The Morgan fingerprint density at radius 2 is 2.06 bits per heavy atom. The summed E-state index contributed by atoms with van der Waals surface area (Å²) < 4.78 is 0. The van der Waals surface area contributed by atoms with Crippen LogP contribution < -0.4 is 5.32 Å². The molecule has 1 amide bonds. The number of nitrogens with one attached hydrogen (secondary N) is 1. The van der Waals surface area contributed by atoms with Gasteiger partial charge in [-0.1, -0.05) is 11.6 Å². The van der Waals surface area contributed by atoms with Crippen molar-refractivity contribution in [2.75, 3.05) is 0 Å². The second kappa shape index (κ2) is 3.18. The van der Waals surface area contributed by atoms with Crippen molar-refractivity contribution in [2.24, 2.45) is 0 Å². The fourth-order valence-corrected chi connectivity index (χ4v) is 2.36. The van der Waals surface area contributed by atoms with Crippen LogP contribution in [0.4, 0.5) is 5.69 Å². The van der Waals surface area contributed by atoms with Crippen molar-refractivity contribution in [3.8, 4) is 0 Å². The second-order valence-corrected chi connectivity index (χ2v) is 4.56. The monoisotopic (exact) mass is 240 g/mol. The lowest BCUT2D eigenvalue weighted by Crippen LogP contribution is -2.32. The maximum atomic E-state index is 11.7. The molecule has 84 valence electrons. The first kappa shape index (κ1) is 10.9. The van der Waals surface area contributed by atoms with Gasteiger partial charge in [-0.3, -0.25) is 14.9 Å². The number of amides is 1. The Labute approximate surface area is 96.6 Å². The first-order chi connectivity index (χ1) is 7.34. The summed E-state index contributed by atoms with van der Waals surface area (Å²) in [6.07, 6.45) is 0. The molecule has 0 aromatic heterocycles. The van der Waals surface area contributed by atoms with E-state index in [9.17, 15) is 14.9 Å². The molecular formula is C10H9ClN2O3. The number of carbonyl (C=O) groups is 1. The van der Waals surface area contributed by atoms with Gasteiger partial charge in [0.1, 0.15) is 5.56 Å². The summed E-state index contributed by atoms with van der Waals surface area (Å²) in [5.41, 5.74) is -0.312. The van der Waals surface area contributed by atoms with Crippen LogP contribution in [-0.4, -0.2) is 10.8 Å². The molecule has 5 nitrogen and oxygen atoms in total. The number of benzene rings is 1. The minimum atomic E-state index is -0.671. The van der Waals surface area contributed by atoms with Crippen LogP contribution in [0.15, 0.2) is 12.1 Å². The molecule has 6 heteroatoms. The molecule has 1 N–H and O–H groups in total. The molecule has 0 unspecified atom stereocenters. The Morgan fingerprint density at radius 3 is 2.62 bits per heavy atom. The number of hydrogen-bond donors (Lipinski definition) is 1. The molecule has 2 rings (SSSR count). The van der Waals surface area contributed by atoms with Gasteiger partial charge in [0, 0.05) is 16.7 Å². The number of hydrogen-bond acceptors (Lipinski definition) is 3. The molecule has 16 heavy (non-hydrogen) atoms. The predicted octanol–water partition coefficient (Wildman–Crippen LogP) is 2.23. The van der Waals surface area contributed by atoms with Gasteiger partial charge >= 0.3 is 0 Å². The minimum absolute atomic E-state index is 0.0718. The molecule has 1 aromatic carbocycles. The number of nitro benzene ring substituents is 1. The Kier molecular flexibility index (Phi) is 2.17. The van der Waals surface area contributed by atoms with Gasteiger partial charge in [-0.2, -0.15) is 0 Å². The van der Waals surface area contributed by atoms with E-state index >= 15 is 0 Å². The fraction of sp³-hybridized carbons (Fsp3) is 0.300. The maximum Gasteiger partial charge on any atom is 0.282 e. The lowest BCUT2D eigenvalue weighted by Gasteiger charge is -2.19. The molecule has 0 saturated carbocycles. The number of nitrogens with zero attached hydrogens (tertiary/aromatic N) is 1. The van der Waals surface area contributed by atoms with Crippen LogP contribution in [0.25, 0.3) is 0 Å². The molecule has 1 aromatic rings. The van der Waals surface area contributed by atoms with E-state index in [-0.39, 0.29) is 11.3 Å². The number of fused-ring (bicyclic) bond motifs is 1. The van der Waals surface area contributed by atoms with E-state index < -0.39 is 16.4 Å². The third kappa shape index (κ3) is 1.36. The van der Waals surface area contributed by atoms with Crippen LogP contribution >= 0.6 is 11.6 Å². The van der Waals surface area contributed by atoms with Crippen LogP contribution in [0.5, 0.6) is 0 Å². The average molecular weight is 241 g/mol. The van der Waals surface area contributed by atoms with E-state index in [4.69, 9.17) is 11.6 Å². The maximum absolute atomic E-state index is 11.7. The van der Waals surface area contributed by atoms with Gasteiger partial charge in [0.05, 0.1) is 10.5 Å². The van der Waals surface area contributed by atoms with Crippen molar-refractivity contribution in [2.45, 2.75) is 19.4 Å². The van der Waals surface area contributed by atoms with Gasteiger partial charge in [0.2, 0.25) is 0 Å². The fourth-order valence-electron chi connectivity index (χ4n) is 1.97. The normalized spacial score (nSPS) is 16.8. The Bertz CT molecular complexity index is 511. The molecule has 0 aliphatic carbocycles. The van der Waals surface area contributed by atoms with E-state index in [1.54, 1.807) is 13.8 Å². The van der Waals surface area contributed by atoms with Crippen LogP contribution in [0.2, 0.25) is 5.02 Å². The third-order valence-corrected chi connectivity index (χ3v) is 2.92. The first-order valence-electron chi connectivity index (χ1n) is 4.64. The summed E-state index contributed by atoms with van der Waals surface area (Å²) >= 11 is 5.98. The molecule has 0 radical (unpaired) electrons. The van der Waals surface area contributed by atoms with Gasteiger partial charge in [-0.25, -0.2) is 0 Å². The van der Waals surface area contributed by atoms with E-state index in [0.717, 1.165) is 0 Å². The number of nitro groups is 1. The summed E-state index contributed by atoms with van der Waals surface area (Å²) in [6, 6.07) is 2.70. The highest BCUT2D eigenvalue weighted by Gasteiger charge is 2.41. The van der Waals surface area contributed by atoms with Gasteiger partial charge in [-0.15, -0.1) is 0 Å². The SMILES string of the molecule is CC1(C)NC(=O)c2c([N+](=O)[O-])ccc(Cl)c21. The minimum Gasteiger partial charge on any atom is -0.343 e. The van der Waals surface area contributed by atoms with Crippen LogP contribution in [0.1, 0.15) is 29.8 Å². The zero-order chi connectivity index (χ0) is 12.1. The largest absolute Gasteiger partial charge is 0.343 e. The number of carbonyl (C=O) groups excluding carboxylic acids is 1. The molecule has 1 heterocycles. The average Bonchev–Trinajstić information content (AvgIpc) is 2.38. The number of halogens is 1. The standard InChI is InChI=1S/C10H9ClN2O3/c1-10(2)8-5(11)3-4-6(13(15)16)7(8)9(14)12-10/h3-4H,1-2H3,(H,12,14). The van der Waals surface area contributed by atoms with Gasteiger partial charge in [0.15, 0.2) is 0 Å². The zero-order valence-corrected chi connectivity index (χ0v) is 9.46. The summed E-state index contributed by atoms with van der Waals surface area (Å²) in [4.78, 5) is 21.9. The molecular weight excluding hydrogens is 232 g/mol. The predicted molar refractivity (Wildman–Crippen MR) is 58.6 cm³/mol. The van der Waals surface area contributed by atoms with E-state index in [2.05, 4.69) is 5.32 Å². The lowest BCUT2D eigenvalue weighted by molar-refractivity contribution is -0.385. The summed E-state index contributed by atoms with van der Waals surface area (Å²) in [6.45, 7) is 3.51. The Balaban J connectivity index is 2.81. The van der Waals surface area contributed by atoms with Crippen molar-refractivity contribution < 1.29 is 9.72 Å². The van der Waals surface area contributed by atoms with Crippen molar-refractivity contribution in [1.29, 1.82) is 0 Å². The van der Waals surface area contributed by atoms with Gasteiger partial charge < -0.3 is 5.32 Å². The molecule has 0 atom stereocenters. The van der Waals surface area contributed by atoms with E-state index in [1.807, 2.05) is 0 Å². The third-order valence-electron chi connectivity index (χ3n) is 2.61. The zero-order valence-electron chi connectivity index (χ0n) is 8.70. The topological polar surface area (TPSA) is 72.2 Å². The van der Waals surface area contributed by atoms with Crippen LogP contribution in [0, 0.1) is 10.1 Å². The van der Waals surface area contributed by atoms with E-state index in [1.165, 1.54) is 12.1 Å². The Hall–Kier alpha value is -1.62. The number of rotatable bonds is 1. The molecule has 0 fully saturated rings. The summed E-state index contributed by atoms with van der Waals surface area (Å²) in [7, 11) is 0. The van der Waals surface area contributed by atoms with Crippen LogP contribution in [0.3, 0.4) is 0 Å². The van der Waals surface area contributed by atoms with Gasteiger partial charge in [0.25, 0.3) is 11.6 Å².